The Balaban J connectivity index is 1.60. The van der Waals surface area contributed by atoms with Crippen molar-refractivity contribution in [3.05, 3.63) is 102 Å². The van der Waals surface area contributed by atoms with Crippen molar-refractivity contribution in [3.8, 4) is 11.5 Å². The molecule has 4 aromatic rings. The molecule has 1 aromatic heterocycles. The van der Waals surface area contributed by atoms with Crippen LogP contribution in [0.1, 0.15) is 18.1 Å². The molecular formula is C24H19Br2N3O4. The predicted molar refractivity (Wildman–Crippen MR) is 136 cm³/mol. The molecule has 0 aliphatic carbocycles. The molecule has 0 saturated carbocycles. The molecule has 0 aliphatic rings. The van der Waals surface area contributed by atoms with Crippen LogP contribution in [0.3, 0.4) is 0 Å². The Morgan fingerprint density at radius 1 is 1.00 bits per heavy atom. The van der Waals surface area contributed by atoms with Crippen molar-refractivity contribution < 1.29 is 9.47 Å². The molecule has 0 radical (unpaired) electrons. The molecule has 0 unspecified atom stereocenters. The zero-order valence-corrected chi connectivity index (χ0v) is 20.7. The summed E-state index contributed by atoms with van der Waals surface area (Å²) in [6.45, 7) is 2.68. The first kappa shape index (κ1) is 23.0. The SMILES string of the molecule is CCOc1cc(C=Nn2c(=O)[nH]c3ccccc3c2=O)ccc1OCc1ccc(Br)cc1Br. The van der Waals surface area contributed by atoms with Gasteiger partial charge < -0.3 is 14.5 Å². The summed E-state index contributed by atoms with van der Waals surface area (Å²) in [5.74, 6) is 1.11. The lowest BCUT2D eigenvalue weighted by atomic mass is 10.2. The number of H-pyrrole nitrogens is 1. The minimum atomic E-state index is -0.611. The molecule has 0 atom stereocenters. The summed E-state index contributed by atoms with van der Waals surface area (Å²) in [6, 6.07) is 18.0. The molecule has 0 bridgehead atoms. The lowest BCUT2D eigenvalue weighted by Crippen LogP contribution is -2.32. The number of hydrogen-bond acceptors (Lipinski definition) is 5. The first-order valence-corrected chi connectivity index (χ1v) is 11.7. The van der Waals surface area contributed by atoms with E-state index >= 15 is 0 Å². The second-order valence-electron chi connectivity index (χ2n) is 7.00. The van der Waals surface area contributed by atoms with Gasteiger partial charge in [0.05, 0.1) is 23.7 Å². The van der Waals surface area contributed by atoms with E-state index < -0.39 is 11.2 Å². The van der Waals surface area contributed by atoms with Crippen LogP contribution in [0.5, 0.6) is 11.5 Å². The second-order valence-corrected chi connectivity index (χ2v) is 8.77. The van der Waals surface area contributed by atoms with E-state index in [1.54, 1.807) is 42.5 Å². The van der Waals surface area contributed by atoms with Gasteiger partial charge in [0.1, 0.15) is 6.61 Å². The molecule has 0 spiro atoms. The molecule has 0 fully saturated rings. The molecule has 0 saturated heterocycles. The van der Waals surface area contributed by atoms with Gasteiger partial charge >= 0.3 is 5.69 Å². The van der Waals surface area contributed by atoms with Crippen LogP contribution in [0, 0.1) is 0 Å². The molecule has 7 nitrogen and oxygen atoms in total. The predicted octanol–water partition coefficient (Wildman–Crippen LogP) is 5.07. The summed E-state index contributed by atoms with van der Waals surface area (Å²) >= 11 is 6.97. The Hall–Kier alpha value is -3.17. The standard InChI is InChI=1S/C24H19Br2N3O4/c1-2-32-22-11-15(7-10-21(22)33-14-16-8-9-17(25)12-19(16)26)13-27-29-23(30)18-5-3-4-6-20(18)28-24(29)31/h3-13H,2,14H2,1H3,(H,28,31). The number of aromatic amines is 1. The lowest BCUT2D eigenvalue weighted by molar-refractivity contribution is 0.269. The van der Waals surface area contributed by atoms with Gasteiger partial charge in [-0.05, 0) is 55.0 Å². The van der Waals surface area contributed by atoms with Crippen molar-refractivity contribution in [1.29, 1.82) is 0 Å². The molecule has 3 aromatic carbocycles. The molecule has 1 heterocycles. The van der Waals surface area contributed by atoms with E-state index in [0.29, 0.717) is 41.2 Å². The van der Waals surface area contributed by atoms with Crippen LogP contribution in [0.2, 0.25) is 0 Å². The first-order chi connectivity index (χ1) is 16.0. The fourth-order valence-electron chi connectivity index (χ4n) is 3.17. The highest BCUT2D eigenvalue weighted by molar-refractivity contribution is 9.11. The number of aromatic nitrogens is 2. The summed E-state index contributed by atoms with van der Waals surface area (Å²) in [5, 5.41) is 4.48. The number of ether oxygens (including phenoxy) is 2. The summed E-state index contributed by atoms with van der Waals surface area (Å²) in [7, 11) is 0. The zero-order chi connectivity index (χ0) is 23.4. The van der Waals surface area contributed by atoms with E-state index in [4.69, 9.17) is 9.47 Å². The zero-order valence-electron chi connectivity index (χ0n) is 17.5. The number of nitrogens with one attached hydrogen (secondary N) is 1. The fourth-order valence-corrected chi connectivity index (χ4v) is 4.33. The Morgan fingerprint density at radius 2 is 1.82 bits per heavy atom. The van der Waals surface area contributed by atoms with Crippen molar-refractivity contribution in [2.45, 2.75) is 13.5 Å². The van der Waals surface area contributed by atoms with Gasteiger partial charge in [0.15, 0.2) is 11.5 Å². The number of hydrogen-bond donors (Lipinski definition) is 1. The van der Waals surface area contributed by atoms with E-state index in [9.17, 15) is 9.59 Å². The Morgan fingerprint density at radius 3 is 2.61 bits per heavy atom. The minimum absolute atomic E-state index is 0.350. The van der Waals surface area contributed by atoms with Crippen molar-refractivity contribution in [2.75, 3.05) is 6.61 Å². The lowest BCUT2D eigenvalue weighted by Gasteiger charge is -2.13. The summed E-state index contributed by atoms with van der Waals surface area (Å²) < 4.78 is 14.4. The van der Waals surface area contributed by atoms with Gasteiger partial charge in [-0.3, -0.25) is 4.79 Å². The third-order valence-electron chi connectivity index (χ3n) is 4.77. The highest BCUT2D eigenvalue weighted by Gasteiger charge is 2.09. The van der Waals surface area contributed by atoms with Crippen LogP contribution in [0.15, 0.2) is 84.3 Å². The summed E-state index contributed by atoms with van der Waals surface area (Å²) in [4.78, 5) is 27.6. The maximum absolute atomic E-state index is 12.6. The number of nitrogens with zero attached hydrogens (tertiary/aromatic N) is 2. The highest BCUT2D eigenvalue weighted by Crippen LogP contribution is 2.30. The average Bonchev–Trinajstić information content (AvgIpc) is 2.79. The topological polar surface area (TPSA) is 85.7 Å². The Labute approximate surface area is 205 Å². The number of para-hydroxylation sites is 1. The van der Waals surface area contributed by atoms with Gasteiger partial charge in [0, 0.05) is 14.5 Å². The van der Waals surface area contributed by atoms with Crippen molar-refractivity contribution in [1.82, 2.24) is 9.66 Å². The molecule has 0 amide bonds. The number of rotatable bonds is 7. The van der Waals surface area contributed by atoms with Gasteiger partial charge in [-0.15, -0.1) is 4.68 Å². The highest BCUT2D eigenvalue weighted by atomic mass is 79.9. The molecule has 168 valence electrons. The van der Waals surface area contributed by atoms with Gasteiger partial charge in [0.25, 0.3) is 5.56 Å². The van der Waals surface area contributed by atoms with Crippen LogP contribution in [0.4, 0.5) is 0 Å². The van der Waals surface area contributed by atoms with Gasteiger partial charge in [-0.1, -0.05) is 50.1 Å². The van der Waals surface area contributed by atoms with E-state index in [1.165, 1.54) is 6.21 Å². The number of halogens is 2. The minimum Gasteiger partial charge on any atom is -0.490 e. The van der Waals surface area contributed by atoms with Crippen molar-refractivity contribution in [2.24, 2.45) is 5.10 Å². The molecule has 33 heavy (non-hydrogen) atoms. The average molecular weight is 573 g/mol. The summed E-state index contributed by atoms with van der Waals surface area (Å²) in [5.41, 5.74) is 1.00. The normalized spacial score (nSPS) is 11.2. The van der Waals surface area contributed by atoms with Crippen LogP contribution >= 0.6 is 31.9 Å². The van der Waals surface area contributed by atoms with Crippen LogP contribution in [0.25, 0.3) is 10.9 Å². The first-order valence-electron chi connectivity index (χ1n) is 10.1. The smallest absolute Gasteiger partial charge is 0.349 e. The summed E-state index contributed by atoms with van der Waals surface area (Å²) in [6.07, 6.45) is 1.43. The van der Waals surface area contributed by atoms with E-state index in [2.05, 4.69) is 41.9 Å². The third kappa shape index (κ3) is 5.26. The maximum atomic E-state index is 12.6. The van der Waals surface area contributed by atoms with Crippen molar-refractivity contribution >= 4 is 49.0 Å². The fraction of sp³-hybridized carbons (Fsp3) is 0.125. The van der Waals surface area contributed by atoms with Gasteiger partial charge in [0.2, 0.25) is 0 Å². The van der Waals surface area contributed by atoms with Gasteiger partial charge in [-0.25, -0.2) is 4.79 Å². The molecule has 0 aliphatic heterocycles. The Kier molecular flexibility index (Phi) is 7.10. The second kappa shape index (κ2) is 10.2. The van der Waals surface area contributed by atoms with Gasteiger partial charge in [-0.2, -0.15) is 5.10 Å². The third-order valence-corrected chi connectivity index (χ3v) is 6.00. The molecule has 4 rings (SSSR count). The van der Waals surface area contributed by atoms with Crippen molar-refractivity contribution in [3.63, 3.8) is 0 Å². The largest absolute Gasteiger partial charge is 0.490 e. The van der Waals surface area contributed by atoms with E-state index in [-0.39, 0.29) is 0 Å². The van der Waals surface area contributed by atoms with Crippen LogP contribution < -0.4 is 20.7 Å². The maximum Gasteiger partial charge on any atom is 0.349 e. The van der Waals surface area contributed by atoms with E-state index in [1.807, 2.05) is 25.1 Å². The van der Waals surface area contributed by atoms with E-state index in [0.717, 1.165) is 19.2 Å². The monoisotopic (exact) mass is 571 g/mol. The molecule has 1 N–H and O–H groups in total. The van der Waals surface area contributed by atoms with Crippen LogP contribution in [-0.2, 0) is 6.61 Å². The molecular weight excluding hydrogens is 554 g/mol. The number of fused-ring (bicyclic) bond motifs is 1. The van der Waals surface area contributed by atoms with Crippen LogP contribution in [-0.4, -0.2) is 22.5 Å². The Bertz CT molecular complexity index is 1460. The molecule has 9 heteroatoms. The number of benzene rings is 3. The quantitative estimate of drug-likeness (QED) is 0.313.